The number of rotatable bonds is 5. The van der Waals surface area contributed by atoms with Gasteiger partial charge >= 0.3 is 0 Å². The van der Waals surface area contributed by atoms with Gasteiger partial charge in [0.1, 0.15) is 6.61 Å². The minimum absolute atomic E-state index is 0.138. The molecule has 0 saturated carbocycles. The molecular formula is C15H13BrF2O2. The molecule has 2 aromatic rings. The molecule has 0 heterocycles. The van der Waals surface area contributed by atoms with Crippen molar-refractivity contribution in [2.45, 2.75) is 11.9 Å². The second-order valence-corrected chi connectivity index (χ2v) is 4.72. The minimum atomic E-state index is -0.882. The fourth-order valence-electron chi connectivity index (χ4n) is 1.71. The first-order valence-electron chi connectivity index (χ1n) is 5.93. The van der Waals surface area contributed by atoms with Gasteiger partial charge in [-0.15, -0.1) is 0 Å². The van der Waals surface area contributed by atoms with E-state index in [2.05, 4.69) is 15.9 Å². The fraction of sp³-hybridized carbons (Fsp3) is 0.200. The topological polar surface area (TPSA) is 18.5 Å². The van der Waals surface area contributed by atoms with Crippen molar-refractivity contribution in [2.24, 2.45) is 0 Å². The Labute approximate surface area is 124 Å². The first-order valence-corrected chi connectivity index (χ1v) is 7.06. The van der Waals surface area contributed by atoms with Gasteiger partial charge < -0.3 is 9.47 Å². The van der Waals surface area contributed by atoms with Crippen LogP contribution in [0.2, 0.25) is 0 Å². The Kier molecular flexibility index (Phi) is 4.95. The third kappa shape index (κ3) is 3.48. The molecular weight excluding hydrogens is 330 g/mol. The molecule has 0 amide bonds. The maximum atomic E-state index is 13.1. The highest BCUT2D eigenvalue weighted by atomic mass is 79.9. The van der Waals surface area contributed by atoms with E-state index in [0.29, 0.717) is 22.4 Å². The lowest BCUT2D eigenvalue weighted by Crippen LogP contribution is -1.99. The van der Waals surface area contributed by atoms with Gasteiger partial charge in [-0.1, -0.05) is 28.1 Å². The van der Waals surface area contributed by atoms with Gasteiger partial charge in [0.25, 0.3) is 0 Å². The van der Waals surface area contributed by atoms with Crippen LogP contribution in [0.1, 0.15) is 11.1 Å². The molecule has 2 rings (SSSR count). The molecule has 0 aromatic heterocycles. The monoisotopic (exact) mass is 342 g/mol. The Morgan fingerprint density at radius 3 is 2.35 bits per heavy atom. The summed E-state index contributed by atoms with van der Waals surface area (Å²) in [5.74, 6) is -0.591. The van der Waals surface area contributed by atoms with Crippen molar-refractivity contribution in [3.8, 4) is 11.5 Å². The smallest absolute Gasteiger partial charge is 0.161 e. The molecule has 5 heteroatoms. The Morgan fingerprint density at radius 2 is 1.70 bits per heavy atom. The van der Waals surface area contributed by atoms with E-state index in [1.54, 1.807) is 13.2 Å². The first kappa shape index (κ1) is 14.8. The molecule has 0 fully saturated rings. The van der Waals surface area contributed by atoms with Gasteiger partial charge in [-0.05, 0) is 35.4 Å². The molecule has 0 aliphatic heterocycles. The first-order chi connectivity index (χ1) is 9.63. The SMILES string of the molecule is COc1ccc(CBr)cc1OCc1ccc(F)c(F)c1. The van der Waals surface area contributed by atoms with Gasteiger partial charge in [-0.2, -0.15) is 0 Å². The molecule has 0 aliphatic rings. The maximum Gasteiger partial charge on any atom is 0.161 e. The number of benzene rings is 2. The number of ether oxygens (including phenoxy) is 2. The van der Waals surface area contributed by atoms with Crippen LogP contribution in [0.4, 0.5) is 8.78 Å². The summed E-state index contributed by atoms with van der Waals surface area (Å²) < 4.78 is 36.8. The van der Waals surface area contributed by atoms with Crippen LogP contribution in [0.15, 0.2) is 36.4 Å². The Bertz CT molecular complexity index is 602. The predicted molar refractivity (Wildman–Crippen MR) is 76.3 cm³/mol. The zero-order valence-electron chi connectivity index (χ0n) is 10.8. The third-order valence-corrected chi connectivity index (χ3v) is 3.41. The van der Waals surface area contributed by atoms with E-state index < -0.39 is 11.6 Å². The lowest BCUT2D eigenvalue weighted by atomic mass is 10.2. The highest BCUT2D eigenvalue weighted by molar-refractivity contribution is 9.08. The number of hydrogen-bond acceptors (Lipinski definition) is 2. The molecule has 0 aliphatic carbocycles. The van der Waals surface area contributed by atoms with Crippen LogP contribution in [0.5, 0.6) is 11.5 Å². The van der Waals surface area contributed by atoms with Gasteiger partial charge in [-0.25, -0.2) is 8.78 Å². The van der Waals surface area contributed by atoms with E-state index >= 15 is 0 Å². The van der Waals surface area contributed by atoms with Crippen molar-refractivity contribution in [3.63, 3.8) is 0 Å². The molecule has 0 N–H and O–H groups in total. The summed E-state index contributed by atoms with van der Waals surface area (Å²) in [4.78, 5) is 0. The Morgan fingerprint density at radius 1 is 0.950 bits per heavy atom. The summed E-state index contributed by atoms with van der Waals surface area (Å²) in [5, 5.41) is 0.693. The molecule has 2 nitrogen and oxygen atoms in total. The Balaban J connectivity index is 2.15. The number of halogens is 3. The van der Waals surface area contributed by atoms with Crippen molar-refractivity contribution in [1.29, 1.82) is 0 Å². The van der Waals surface area contributed by atoms with Crippen LogP contribution >= 0.6 is 15.9 Å². The average molecular weight is 343 g/mol. The minimum Gasteiger partial charge on any atom is -0.493 e. The van der Waals surface area contributed by atoms with Crippen molar-refractivity contribution in [1.82, 2.24) is 0 Å². The maximum absolute atomic E-state index is 13.1. The molecule has 0 radical (unpaired) electrons. The van der Waals surface area contributed by atoms with Gasteiger partial charge in [0, 0.05) is 5.33 Å². The summed E-state index contributed by atoms with van der Waals surface area (Å²) in [7, 11) is 1.55. The summed E-state index contributed by atoms with van der Waals surface area (Å²) in [6.45, 7) is 0.138. The molecule has 0 atom stereocenters. The largest absolute Gasteiger partial charge is 0.493 e. The van der Waals surface area contributed by atoms with Crippen LogP contribution in [0.25, 0.3) is 0 Å². The van der Waals surface area contributed by atoms with E-state index in [0.717, 1.165) is 17.7 Å². The van der Waals surface area contributed by atoms with Crippen molar-refractivity contribution >= 4 is 15.9 Å². The predicted octanol–water partition coefficient (Wildman–Crippen LogP) is 4.45. The lowest BCUT2D eigenvalue weighted by Gasteiger charge is -2.12. The van der Waals surface area contributed by atoms with Crippen molar-refractivity contribution < 1.29 is 18.3 Å². The third-order valence-electron chi connectivity index (χ3n) is 2.76. The summed E-state index contributed by atoms with van der Waals surface area (Å²) in [6.07, 6.45) is 0. The van der Waals surface area contributed by atoms with Gasteiger partial charge in [-0.3, -0.25) is 0 Å². The van der Waals surface area contributed by atoms with Crippen molar-refractivity contribution in [2.75, 3.05) is 7.11 Å². The molecule has 2 aromatic carbocycles. The summed E-state index contributed by atoms with van der Waals surface area (Å²) in [6, 6.07) is 9.25. The number of hydrogen-bond donors (Lipinski definition) is 0. The summed E-state index contributed by atoms with van der Waals surface area (Å²) >= 11 is 3.36. The van der Waals surface area contributed by atoms with E-state index in [1.165, 1.54) is 6.07 Å². The van der Waals surface area contributed by atoms with Crippen LogP contribution in [-0.2, 0) is 11.9 Å². The highest BCUT2D eigenvalue weighted by Gasteiger charge is 2.07. The zero-order chi connectivity index (χ0) is 14.5. The molecule has 0 saturated heterocycles. The molecule has 0 bridgehead atoms. The highest BCUT2D eigenvalue weighted by Crippen LogP contribution is 2.29. The van der Waals surface area contributed by atoms with E-state index in [9.17, 15) is 8.78 Å². The van der Waals surface area contributed by atoms with E-state index in [4.69, 9.17) is 9.47 Å². The fourth-order valence-corrected chi connectivity index (χ4v) is 2.06. The Hall–Kier alpha value is -1.62. The van der Waals surface area contributed by atoms with E-state index in [1.807, 2.05) is 12.1 Å². The van der Waals surface area contributed by atoms with Crippen LogP contribution < -0.4 is 9.47 Å². The second kappa shape index (κ2) is 6.70. The molecule has 106 valence electrons. The van der Waals surface area contributed by atoms with Crippen LogP contribution in [0.3, 0.4) is 0 Å². The summed E-state index contributed by atoms with van der Waals surface area (Å²) in [5.41, 5.74) is 1.58. The molecule has 0 spiro atoms. The quantitative estimate of drug-likeness (QED) is 0.747. The lowest BCUT2D eigenvalue weighted by molar-refractivity contribution is 0.283. The van der Waals surface area contributed by atoms with Crippen LogP contribution in [-0.4, -0.2) is 7.11 Å². The zero-order valence-corrected chi connectivity index (χ0v) is 12.4. The number of alkyl halides is 1. The second-order valence-electron chi connectivity index (χ2n) is 4.16. The average Bonchev–Trinajstić information content (AvgIpc) is 2.48. The van der Waals surface area contributed by atoms with Gasteiger partial charge in [0.2, 0.25) is 0 Å². The van der Waals surface area contributed by atoms with Crippen molar-refractivity contribution in [3.05, 3.63) is 59.2 Å². The number of methoxy groups -OCH3 is 1. The van der Waals surface area contributed by atoms with Crippen LogP contribution in [0, 0.1) is 11.6 Å². The van der Waals surface area contributed by atoms with Gasteiger partial charge in [0.05, 0.1) is 7.11 Å². The normalized spacial score (nSPS) is 10.4. The standard InChI is InChI=1S/C15H13BrF2O2/c1-19-14-5-3-10(8-16)7-15(14)20-9-11-2-4-12(17)13(18)6-11/h2-7H,8-9H2,1H3. The van der Waals surface area contributed by atoms with E-state index in [-0.39, 0.29) is 6.61 Å². The molecule has 0 unspecified atom stereocenters. The van der Waals surface area contributed by atoms with Gasteiger partial charge in [0.15, 0.2) is 23.1 Å². The molecule has 20 heavy (non-hydrogen) atoms.